The number of hydrogen-bond acceptors (Lipinski definition) is 2. The number of hydrogen-bond donors (Lipinski definition) is 3. The minimum absolute atomic E-state index is 0.0392. The maximum absolute atomic E-state index is 9.72. The van der Waals surface area contributed by atoms with Gasteiger partial charge < -0.3 is 15.1 Å². The van der Waals surface area contributed by atoms with Crippen molar-refractivity contribution in [1.29, 1.82) is 0 Å². The molecule has 2 heterocycles. The van der Waals surface area contributed by atoms with E-state index >= 15 is 0 Å². The normalized spacial score (nSPS) is 11.5. The van der Waals surface area contributed by atoms with Crippen LogP contribution in [0.25, 0.3) is 21.9 Å². The Kier molecular flexibility index (Phi) is 2.98. The van der Waals surface area contributed by atoms with Gasteiger partial charge in [-0.15, -0.1) is 0 Å². The topological polar surface area (TPSA) is 64.7 Å². The van der Waals surface area contributed by atoms with Gasteiger partial charge in [-0.1, -0.05) is 18.2 Å². The van der Waals surface area contributed by atoms with Gasteiger partial charge >= 0.3 is 0 Å². The zero-order valence-electron chi connectivity index (χ0n) is 12.4. The summed E-state index contributed by atoms with van der Waals surface area (Å²) in [4.78, 5) is 11.3. The molecule has 3 N–H and O–H groups in total. The molecule has 0 fully saturated rings. The first kappa shape index (κ1) is 13.1. The smallest absolute Gasteiger partial charge is 0.111 e. The molecule has 0 aliphatic carbocycles. The fourth-order valence-corrected chi connectivity index (χ4v) is 3.15. The number of H-pyrrole nitrogens is 2. The second-order valence-corrected chi connectivity index (χ2v) is 5.63. The van der Waals surface area contributed by atoms with Gasteiger partial charge in [0.15, 0.2) is 0 Å². The minimum Gasteiger partial charge on any atom is -0.392 e. The number of fused-ring (bicyclic) bond motifs is 2. The van der Waals surface area contributed by atoms with Gasteiger partial charge in [0.2, 0.25) is 0 Å². The number of benzene rings is 2. The first-order valence-electron chi connectivity index (χ1n) is 7.39. The standard InChI is InChI=1S/C18H17N3O/c1-11-8-12(10-22)14(13-6-7-19-18(11)13)9-17-20-15-4-2-3-5-16(15)21-17/h2-8,19,22H,9-10H2,1H3,(H,20,21). The van der Waals surface area contributed by atoms with Crippen molar-refractivity contribution < 1.29 is 5.11 Å². The first-order chi connectivity index (χ1) is 10.8. The van der Waals surface area contributed by atoms with Crippen molar-refractivity contribution in [2.75, 3.05) is 0 Å². The lowest BCUT2D eigenvalue weighted by molar-refractivity contribution is 0.281. The SMILES string of the molecule is Cc1cc(CO)c(Cc2nc3ccccc3[nH]2)c2cc[nH]c12. The Morgan fingerprint density at radius 1 is 1.18 bits per heavy atom. The third-order valence-corrected chi connectivity index (χ3v) is 4.20. The zero-order valence-corrected chi connectivity index (χ0v) is 12.4. The van der Waals surface area contributed by atoms with Crippen LogP contribution in [0.1, 0.15) is 22.5 Å². The van der Waals surface area contributed by atoms with Crippen molar-refractivity contribution in [2.24, 2.45) is 0 Å². The molecule has 2 aromatic heterocycles. The summed E-state index contributed by atoms with van der Waals surface area (Å²) >= 11 is 0. The van der Waals surface area contributed by atoms with E-state index in [9.17, 15) is 5.11 Å². The summed E-state index contributed by atoms with van der Waals surface area (Å²) in [5, 5.41) is 10.9. The molecule has 4 heteroatoms. The van der Waals surface area contributed by atoms with Crippen LogP contribution < -0.4 is 0 Å². The fourth-order valence-electron chi connectivity index (χ4n) is 3.15. The molecule has 0 saturated carbocycles. The van der Waals surface area contributed by atoms with Gasteiger partial charge in [-0.05, 0) is 41.8 Å². The van der Waals surface area contributed by atoms with E-state index in [1.165, 1.54) is 0 Å². The molecule has 0 aliphatic rings. The molecule has 0 unspecified atom stereocenters. The van der Waals surface area contributed by atoms with E-state index in [1.807, 2.05) is 30.5 Å². The highest BCUT2D eigenvalue weighted by Gasteiger charge is 2.13. The van der Waals surface area contributed by atoms with Gasteiger partial charge in [-0.25, -0.2) is 4.98 Å². The van der Waals surface area contributed by atoms with Crippen LogP contribution in [0.4, 0.5) is 0 Å². The molecule has 0 radical (unpaired) electrons. The molecule has 110 valence electrons. The molecule has 4 nitrogen and oxygen atoms in total. The number of aliphatic hydroxyl groups excluding tert-OH is 1. The Labute approximate surface area is 127 Å². The van der Waals surface area contributed by atoms with Crippen molar-refractivity contribution in [2.45, 2.75) is 20.0 Å². The van der Waals surface area contributed by atoms with Gasteiger partial charge in [0.1, 0.15) is 5.82 Å². The average Bonchev–Trinajstić information content (AvgIpc) is 3.15. The van der Waals surface area contributed by atoms with E-state index < -0.39 is 0 Å². The highest BCUT2D eigenvalue weighted by Crippen LogP contribution is 2.27. The van der Waals surface area contributed by atoms with Crippen LogP contribution in [0.5, 0.6) is 0 Å². The summed E-state index contributed by atoms with van der Waals surface area (Å²) in [7, 11) is 0. The molecular formula is C18H17N3O. The van der Waals surface area contributed by atoms with E-state index in [4.69, 9.17) is 0 Å². The second kappa shape index (κ2) is 5.00. The van der Waals surface area contributed by atoms with E-state index in [0.29, 0.717) is 6.42 Å². The van der Waals surface area contributed by atoms with Crippen molar-refractivity contribution in [3.05, 3.63) is 65.1 Å². The number of aromatic nitrogens is 3. The van der Waals surface area contributed by atoms with Crippen LogP contribution in [0.3, 0.4) is 0 Å². The molecule has 0 saturated heterocycles. The molecule has 0 spiro atoms. The fraction of sp³-hybridized carbons (Fsp3) is 0.167. The maximum atomic E-state index is 9.72. The van der Waals surface area contributed by atoms with Crippen LogP contribution >= 0.6 is 0 Å². The van der Waals surface area contributed by atoms with Gasteiger partial charge in [-0.2, -0.15) is 0 Å². The number of nitrogens with one attached hydrogen (secondary N) is 2. The average molecular weight is 291 g/mol. The zero-order chi connectivity index (χ0) is 15.1. The molecule has 4 rings (SSSR count). The van der Waals surface area contributed by atoms with Crippen LogP contribution in [0, 0.1) is 6.92 Å². The lowest BCUT2D eigenvalue weighted by Gasteiger charge is -2.10. The monoisotopic (exact) mass is 291 g/mol. The molecule has 0 bridgehead atoms. The number of rotatable bonds is 3. The maximum Gasteiger partial charge on any atom is 0.111 e. The predicted octanol–water partition coefficient (Wildman–Crippen LogP) is 3.44. The third kappa shape index (κ3) is 2.00. The van der Waals surface area contributed by atoms with Crippen LogP contribution in [0.15, 0.2) is 42.6 Å². The van der Waals surface area contributed by atoms with E-state index in [2.05, 4.69) is 34.0 Å². The van der Waals surface area contributed by atoms with Crippen molar-refractivity contribution in [3.63, 3.8) is 0 Å². The summed E-state index contributed by atoms with van der Waals surface area (Å²) in [6, 6.07) is 12.1. The molecule has 22 heavy (non-hydrogen) atoms. The highest BCUT2D eigenvalue weighted by atomic mass is 16.3. The van der Waals surface area contributed by atoms with Gasteiger partial charge in [0.25, 0.3) is 0 Å². The number of aliphatic hydroxyl groups is 1. The lowest BCUT2D eigenvalue weighted by atomic mass is 9.97. The number of aromatic amines is 2. The van der Waals surface area contributed by atoms with Crippen molar-refractivity contribution in [1.82, 2.24) is 15.0 Å². The summed E-state index contributed by atoms with van der Waals surface area (Å²) in [5.41, 5.74) is 6.38. The van der Waals surface area contributed by atoms with Crippen LogP contribution in [0.2, 0.25) is 0 Å². The van der Waals surface area contributed by atoms with Gasteiger partial charge in [0, 0.05) is 23.5 Å². The number of para-hydroxylation sites is 2. The Morgan fingerprint density at radius 3 is 2.86 bits per heavy atom. The largest absolute Gasteiger partial charge is 0.392 e. The van der Waals surface area contributed by atoms with E-state index in [0.717, 1.165) is 44.5 Å². The Bertz CT molecular complexity index is 932. The number of aryl methyl sites for hydroxylation is 1. The quantitative estimate of drug-likeness (QED) is 0.541. The number of imidazole rings is 1. The summed E-state index contributed by atoms with van der Waals surface area (Å²) in [6.45, 7) is 2.10. The molecule has 2 aromatic carbocycles. The van der Waals surface area contributed by atoms with Crippen molar-refractivity contribution >= 4 is 21.9 Å². The van der Waals surface area contributed by atoms with E-state index in [-0.39, 0.29) is 6.61 Å². The summed E-state index contributed by atoms with van der Waals surface area (Å²) < 4.78 is 0. The summed E-state index contributed by atoms with van der Waals surface area (Å²) in [6.07, 6.45) is 2.63. The highest BCUT2D eigenvalue weighted by molar-refractivity contribution is 5.87. The van der Waals surface area contributed by atoms with Gasteiger partial charge in [-0.3, -0.25) is 0 Å². The molecular weight excluding hydrogens is 274 g/mol. The molecule has 4 aromatic rings. The van der Waals surface area contributed by atoms with E-state index in [1.54, 1.807) is 0 Å². The third-order valence-electron chi connectivity index (χ3n) is 4.20. The molecule has 0 atom stereocenters. The minimum atomic E-state index is 0.0392. The lowest BCUT2D eigenvalue weighted by Crippen LogP contribution is -1.99. The second-order valence-electron chi connectivity index (χ2n) is 5.63. The predicted molar refractivity (Wildman–Crippen MR) is 87.9 cm³/mol. The van der Waals surface area contributed by atoms with Crippen LogP contribution in [-0.2, 0) is 13.0 Å². The Balaban J connectivity index is 1.86. The number of nitrogens with zero attached hydrogens (tertiary/aromatic N) is 1. The Morgan fingerprint density at radius 2 is 2.05 bits per heavy atom. The molecule has 0 amide bonds. The van der Waals surface area contributed by atoms with Gasteiger partial charge in [0.05, 0.1) is 17.6 Å². The molecule has 0 aliphatic heterocycles. The van der Waals surface area contributed by atoms with Crippen LogP contribution in [-0.4, -0.2) is 20.1 Å². The first-order valence-corrected chi connectivity index (χ1v) is 7.39. The summed E-state index contributed by atoms with van der Waals surface area (Å²) in [5.74, 6) is 0.919. The van der Waals surface area contributed by atoms with Crippen molar-refractivity contribution in [3.8, 4) is 0 Å². The Hall–Kier alpha value is -2.59.